The zero-order chi connectivity index (χ0) is 21.8. The predicted octanol–water partition coefficient (Wildman–Crippen LogP) is 4.03. The number of likely N-dealkylation sites (tertiary alicyclic amines) is 1. The van der Waals surface area contributed by atoms with E-state index in [0.29, 0.717) is 19.0 Å². The normalized spacial score (nSPS) is 14.7. The van der Waals surface area contributed by atoms with Gasteiger partial charge in [-0.05, 0) is 43.2 Å². The van der Waals surface area contributed by atoms with E-state index in [1.54, 1.807) is 16.2 Å². The van der Waals surface area contributed by atoms with Gasteiger partial charge in [0.25, 0.3) is 5.91 Å². The molecule has 0 saturated carbocycles. The number of halogens is 2. The van der Waals surface area contributed by atoms with Crippen molar-refractivity contribution in [3.8, 4) is 5.75 Å². The second-order valence-corrected chi connectivity index (χ2v) is 8.33. The van der Waals surface area contributed by atoms with E-state index in [-0.39, 0.29) is 23.8 Å². The molecule has 1 aromatic heterocycles. The maximum Gasteiger partial charge on any atom is 0.387 e. The van der Waals surface area contributed by atoms with E-state index in [0.717, 1.165) is 23.4 Å². The predicted molar refractivity (Wildman–Crippen MR) is 114 cm³/mol. The molecule has 0 atom stereocenters. The lowest BCUT2D eigenvalue weighted by Gasteiger charge is -2.31. The number of benzene rings is 2. The van der Waals surface area contributed by atoms with Gasteiger partial charge in [0.1, 0.15) is 5.75 Å². The highest BCUT2D eigenvalue weighted by atomic mass is 32.1. The summed E-state index contributed by atoms with van der Waals surface area (Å²) in [6, 6.07) is 13.5. The Labute approximate surface area is 181 Å². The fraction of sp³-hybridized carbons (Fsp3) is 0.318. The molecule has 1 fully saturated rings. The number of nitrogens with one attached hydrogen (secondary N) is 1. The first-order valence-corrected chi connectivity index (χ1v) is 10.8. The van der Waals surface area contributed by atoms with Gasteiger partial charge in [-0.3, -0.25) is 9.59 Å². The van der Waals surface area contributed by atoms with E-state index in [1.165, 1.54) is 29.0 Å². The van der Waals surface area contributed by atoms with Crippen molar-refractivity contribution < 1.29 is 23.1 Å². The van der Waals surface area contributed by atoms with Crippen LogP contribution in [0.25, 0.3) is 10.2 Å². The van der Waals surface area contributed by atoms with Crippen LogP contribution >= 0.6 is 11.3 Å². The molecule has 6 nitrogen and oxygen atoms in total. The molecule has 1 aliphatic rings. The first-order valence-electron chi connectivity index (χ1n) is 9.96. The number of hydrogen-bond acceptors (Lipinski definition) is 5. The monoisotopic (exact) mass is 445 g/mol. The van der Waals surface area contributed by atoms with Gasteiger partial charge in [-0.1, -0.05) is 18.2 Å². The van der Waals surface area contributed by atoms with Gasteiger partial charge in [0.2, 0.25) is 5.91 Å². The second-order valence-electron chi connectivity index (χ2n) is 7.26. The Balaban J connectivity index is 1.27. The highest BCUT2D eigenvalue weighted by Gasteiger charge is 2.26. The smallest absolute Gasteiger partial charge is 0.387 e. The number of piperidine rings is 1. The van der Waals surface area contributed by atoms with Gasteiger partial charge in [-0.15, -0.1) is 11.3 Å². The number of hydrogen-bond donors (Lipinski definition) is 1. The number of ether oxygens (including phenoxy) is 1. The van der Waals surface area contributed by atoms with Gasteiger partial charge in [0.15, 0.2) is 0 Å². The molecule has 0 spiro atoms. The third kappa shape index (κ3) is 5.16. The van der Waals surface area contributed by atoms with Gasteiger partial charge in [0, 0.05) is 24.6 Å². The Morgan fingerprint density at radius 1 is 1.16 bits per heavy atom. The minimum atomic E-state index is -2.97. The molecule has 31 heavy (non-hydrogen) atoms. The van der Waals surface area contributed by atoms with Gasteiger partial charge >= 0.3 is 6.61 Å². The number of fused-ring (bicyclic) bond motifs is 1. The number of rotatable bonds is 6. The largest absolute Gasteiger partial charge is 0.435 e. The third-order valence-corrected chi connectivity index (χ3v) is 6.43. The van der Waals surface area contributed by atoms with Crippen LogP contribution in [0.1, 0.15) is 34.1 Å². The highest BCUT2D eigenvalue weighted by Crippen LogP contribution is 2.33. The molecule has 0 radical (unpaired) electrons. The number of thiazole rings is 1. The van der Waals surface area contributed by atoms with Crippen LogP contribution in [0.2, 0.25) is 0 Å². The summed E-state index contributed by atoms with van der Waals surface area (Å²) < 4.78 is 30.1. The summed E-state index contributed by atoms with van der Waals surface area (Å²) in [6.45, 7) is -1.91. The van der Waals surface area contributed by atoms with E-state index < -0.39 is 12.5 Å². The molecule has 2 heterocycles. The maximum absolute atomic E-state index is 12.5. The molecular formula is C22H21F2N3O3S. The number of nitrogens with zero attached hydrogens (tertiary/aromatic N) is 2. The summed E-state index contributed by atoms with van der Waals surface area (Å²) in [5, 5.41) is 3.66. The van der Waals surface area contributed by atoms with E-state index in [4.69, 9.17) is 4.98 Å². The molecule has 3 aromatic rings. The molecule has 1 aliphatic heterocycles. The summed E-state index contributed by atoms with van der Waals surface area (Å²) in [5.41, 5.74) is 1.16. The lowest BCUT2D eigenvalue weighted by atomic mass is 9.97. The Hall–Kier alpha value is -3.07. The SMILES string of the molecule is O=C(NCC(=O)N1CCC(c2nc3ccccc3s2)CC1)c1cccc(OC(F)F)c1. The van der Waals surface area contributed by atoms with Gasteiger partial charge < -0.3 is 15.0 Å². The van der Waals surface area contributed by atoms with Crippen LogP contribution < -0.4 is 10.1 Å². The number of carbonyl (C=O) groups excluding carboxylic acids is 2. The van der Waals surface area contributed by atoms with Crippen molar-refractivity contribution in [2.75, 3.05) is 19.6 Å². The molecule has 2 amide bonds. The zero-order valence-corrected chi connectivity index (χ0v) is 17.4. The third-order valence-electron chi connectivity index (χ3n) is 5.23. The maximum atomic E-state index is 12.5. The topological polar surface area (TPSA) is 71.5 Å². The average Bonchev–Trinajstić information content (AvgIpc) is 3.21. The van der Waals surface area contributed by atoms with Crippen molar-refractivity contribution >= 4 is 33.4 Å². The molecule has 162 valence electrons. The second kappa shape index (κ2) is 9.38. The quantitative estimate of drug-likeness (QED) is 0.622. The number of alkyl halides is 2. The Bertz CT molecular complexity index is 1050. The Morgan fingerprint density at radius 3 is 2.68 bits per heavy atom. The lowest BCUT2D eigenvalue weighted by Crippen LogP contribution is -2.43. The minimum Gasteiger partial charge on any atom is -0.435 e. The Morgan fingerprint density at radius 2 is 1.94 bits per heavy atom. The van der Waals surface area contributed by atoms with Gasteiger partial charge in [-0.25, -0.2) is 4.98 Å². The van der Waals surface area contributed by atoms with Crippen molar-refractivity contribution in [3.63, 3.8) is 0 Å². The molecule has 1 saturated heterocycles. The first-order chi connectivity index (χ1) is 15.0. The zero-order valence-electron chi connectivity index (χ0n) is 16.6. The van der Waals surface area contributed by atoms with Crippen molar-refractivity contribution in [1.29, 1.82) is 0 Å². The van der Waals surface area contributed by atoms with E-state index in [9.17, 15) is 18.4 Å². The fourth-order valence-electron chi connectivity index (χ4n) is 3.62. The highest BCUT2D eigenvalue weighted by molar-refractivity contribution is 7.18. The van der Waals surface area contributed by atoms with E-state index in [1.807, 2.05) is 18.2 Å². The molecule has 0 bridgehead atoms. The van der Waals surface area contributed by atoms with Crippen LogP contribution in [0.5, 0.6) is 5.75 Å². The number of amides is 2. The molecule has 1 N–H and O–H groups in total. The molecule has 0 aliphatic carbocycles. The Kier molecular flexibility index (Phi) is 6.41. The van der Waals surface area contributed by atoms with Crippen LogP contribution in [0, 0.1) is 0 Å². The minimum absolute atomic E-state index is 0.106. The summed E-state index contributed by atoms with van der Waals surface area (Å²) >= 11 is 1.70. The van der Waals surface area contributed by atoms with Crippen LogP contribution in [0.4, 0.5) is 8.78 Å². The molecule has 2 aromatic carbocycles. The van der Waals surface area contributed by atoms with Crippen molar-refractivity contribution in [2.24, 2.45) is 0 Å². The lowest BCUT2D eigenvalue weighted by molar-refractivity contribution is -0.131. The summed E-state index contributed by atoms with van der Waals surface area (Å²) in [4.78, 5) is 31.2. The van der Waals surface area contributed by atoms with Gasteiger partial charge in [-0.2, -0.15) is 8.78 Å². The summed E-state index contributed by atoms with van der Waals surface area (Å²) in [7, 11) is 0. The van der Waals surface area contributed by atoms with E-state index >= 15 is 0 Å². The number of carbonyl (C=O) groups is 2. The molecule has 0 unspecified atom stereocenters. The van der Waals surface area contributed by atoms with Crippen LogP contribution in [0.3, 0.4) is 0 Å². The van der Waals surface area contributed by atoms with Crippen LogP contribution in [-0.2, 0) is 4.79 Å². The molecular weight excluding hydrogens is 424 g/mol. The van der Waals surface area contributed by atoms with Crippen molar-refractivity contribution in [3.05, 3.63) is 59.1 Å². The van der Waals surface area contributed by atoms with Crippen molar-refractivity contribution in [1.82, 2.24) is 15.2 Å². The molecule has 9 heteroatoms. The van der Waals surface area contributed by atoms with E-state index in [2.05, 4.69) is 16.1 Å². The summed E-state index contributed by atoms with van der Waals surface area (Å²) in [6.07, 6.45) is 1.65. The average molecular weight is 445 g/mol. The first kappa shape index (κ1) is 21.2. The fourth-order valence-corrected chi connectivity index (χ4v) is 4.76. The van der Waals surface area contributed by atoms with Crippen LogP contribution in [0.15, 0.2) is 48.5 Å². The number of aromatic nitrogens is 1. The summed E-state index contributed by atoms with van der Waals surface area (Å²) in [5.74, 6) is -0.465. The van der Waals surface area contributed by atoms with Gasteiger partial charge in [0.05, 0.1) is 21.8 Å². The van der Waals surface area contributed by atoms with Crippen molar-refractivity contribution in [2.45, 2.75) is 25.4 Å². The molecule has 4 rings (SSSR count). The number of para-hydroxylation sites is 1. The standard InChI is InChI=1S/C22H21F2N3O3S/c23-22(24)30-16-5-3-4-15(12-16)20(29)25-13-19(28)27-10-8-14(9-11-27)21-26-17-6-1-2-7-18(17)31-21/h1-7,12,14,22H,8-11,13H2,(H,25,29). The van der Waals surface area contributed by atoms with Crippen LogP contribution in [-0.4, -0.2) is 47.9 Å².